The van der Waals surface area contributed by atoms with Gasteiger partial charge in [-0.15, -0.1) is 0 Å². The van der Waals surface area contributed by atoms with Crippen LogP contribution in [0.1, 0.15) is 46.5 Å². The van der Waals surface area contributed by atoms with Gasteiger partial charge in [-0.3, -0.25) is 4.79 Å². The van der Waals surface area contributed by atoms with E-state index in [1.165, 1.54) is 0 Å². The van der Waals surface area contributed by atoms with Crippen molar-refractivity contribution in [1.29, 1.82) is 0 Å². The van der Waals surface area contributed by atoms with Gasteiger partial charge in [0.2, 0.25) is 0 Å². The van der Waals surface area contributed by atoms with Crippen molar-refractivity contribution in [3.63, 3.8) is 0 Å². The molecule has 0 unspecified atom stereocenters. The first-order valence-electron chi connectivity index (χ1n) is 7.75. The molecule has 1 aromatic rings. The van der Waals surface area contributed by atoms with E-state index in [2.05, 4.69) is 12.2 Å². The SMILES string of the molecule is CCCCC[C@@](C)(OC)C(=O)Nc1ccc(OCC)c(Cl)c1. The predicted octanol–water partition coefficient (Wildman–Crippen LogP) is 4.66. The Morgan fingerprint density at radius 2 is 2.05 bits per heavy atom. The van der Waals surface area contributed by atoms with Gasteiger partial charge in [0.1, 0.15) is 11.4 Å². The van der Waals surface area contributed by atoms with E-state index in [1.54, 1.807) is 25.3 Å². The second-order valence-electron chi connectivity index (χ2n) is 5.42. The lowest BCUT2D eigenvalue weighted by Crippen LogP contribution is -2.41. The Hall–Kier alpha value is -1.26. The Kier molecular flexibility index (Phi) is 7.69. The molecular weight excluding hydrogens is 302 g/mol. The van der Waals surface area contributed by atoms with Gasteiger partial charge in [-0.1, -0.05) is 37.8 Å². The van der Waals surface area contributed by atoms with Crippen molar-refractivity contribution in [2.45, 2.75) is 52.1 Å². The minimum Gasteiger partial charge on any atom is -0.492 e. The van der Waals surface area contributed by atoms with Gasteiger partial charge in [0.25, 0.3) is 5.91 Å². The molecule has 0 aliphatic rings. The molecule has 1 aromatic carbocycles. The molecule has 0 heterocycles. The highest BCUT2D eigenvalue weighted by molar-refractivity contribution is 6.32. The highest BCUT2D eigenvalue weighted by atomic mass is 35.5. The van der Waals surface area contributed by atoms with Gasteiger partial charge in [0, 0.05) is 12.8 Å². The summed E-state index contributed by atoms with van der Waals surface area (Å²) < 4.78 is 10.8. The smallest absolute Gasteiger partial charge is 0.256 e. The molecule has 22 heavy (non-hydrogen) atoms. The summed E-state index contributed by atoms with van der Waals surface area (Å²) in [5.41, 5.74) is -0.197. The van der Waals surface area contributed by atoms with E-state index in [0.717, 1.165) is 19.3 Å². The van der Waals surface area contributed by atoms with E-state index >= 15 is 0 Å². The molecule has 5 heteroatoms. The Morgan fingerprint density at radius 1 is 1.32 bits per heavy atom. The molecule has 124 valence electrons. The fourth-order valence-electron chi connectivity index (χ4n) is 2.14. The lowest BCUT2D eigenvalue weighted by Gasteiger charge is -2.27. The zero-order chi connectivity index (χ0) is 16.6. The summed E-state index contributed by atoms with van der Waals surface area (Å²) in [5.74, 6) is 0.450. The van der Waals surface area contributed by atoms with E-state index in [0.29, 0.717) is 29.5 Å². The van der Waals surface area contributed by atoms with Gasteiger partial charge >= 0.3 is 0 Å². The lowest BCUT2D eigenvalue weighted by molar-refractivity contribution is -0.136. The third-order valence-electron chi connectivity index (χ3n) is 3.68. The molecule has 0 spiro atoms. The van der Waals surface area contributed by atoms with E-state index in [-0.39, 0.29) is 5.91 Å². The minimum atomic E-state index is -0.833. The molecule has 1 N–H and O–H groups in total. The van der Waals surface area contributed by atoms with Crippen LogP contribution in [-0.4, -0.2) is 25.2 Å². The number of methoxy groups -OCH3 is 1. The fraction of sp³-hybridized carbons (Fsp3) is 0.588. The molecule has 0 saturated heterocycles. The van der Waals surface area contributed by atoms with E-state index < -0.39 is 5.60 Å². The van der Waals surface area contributed by atoms with Crippen molar-refractivity contribution < 1.29 is 14.3 Å². The summed E-state index contributed by atoms with van der Waals surface area (Å²) in [4.78, 5) is 12.5. The zero-order valence-corrected chi connectivity index (χ0v) is 14.6. The fourth-order valence-corrected chi connectivity index (χ4v) is 2.37. The average Bonchev–Trinajstić information content (AvgIpc) is 2.50. The predicted molar refractivity (Wildman–Crippen MR) is 90.8 cm³/mol. The normalized spacial score (nSPS) is 13.5. The Bertz CT molecular complexity index is 493. The Balaban J connectivity index is 2.75. The lowest BCUT2D eigenvalue weighted by atomic mass is 9.97. The van der Waals surface area contributed by atoms with E-state index in [9.17, 15) is 4.79 Å². The summed E-state index contributed by atoms with van der Waals surface area (Å²) in [6.07, 6.45) is 3.84. The number of ether oxygens (including phenoxy) is 2. The van der Waals surface area contributed by atoms with Crippen LogP contribution in [0.4, 0.5) is 5.69 Å². The van der Waals surface area contributed by atoms with Crippen LogP contribution in [0.15, 0.2) is 18.2 Å². The number of anilines is 1. The maximum Gasteiger partial charge on any atom is 0.256 e. The van der Waals surface area contributed by atoms with Gasteiger partial charge in [0.15, 0.2) is 0 Å². The Morgan fingerprint density at radius 3 is 2.59 bits per heavy atom. The van der Waals surface area contributed by atoms with E-state index in [4.69, 9.17) is 21.1 Å². The zero-order valence-electron chi connectivity index (χ0n) is 13.9. The van der Waals surface area contributed by atoms with Crippen molar-refractivity contribution in [2.75, 3.05) is 19.0 Å². The summed E-state index contributed by atoms with van der Waals surface area (Å²) in [7, 11) is 1.57. The number of hydrogen-bond acceptors (Lipinski definition) is 3. The number of halogens is 1. The summed E-state index contributed by atoms with van der Waals surface area (Å²) in [6, 6.07) is 5.21. The molecule has 0 fully saturated rings. The van der Waals surface area contributed by atoms with Crippen LogP contribution in [0.3, 0.4) is 0 Å². The van der Waals surface area contributed by atoms with Crippen LogP contribution in [0, 0.1) is 0 Å². The topological polar surface area (TPSA) is 47.6 Å². The highest BCUT2D eigenvalue weighted by Crippen LogP contribution is 2.29. The average molecular weight is 328 g/mol. The molecule has 1 amide bonds. The molecule has 0 aromatic heterocycles. The maximum absolute atomic E-state index is 12.5. The molecular formula is C17H26ClNO3. The number of rotatable bonds is 9. The molecule has 0 radical (unpaired) electrons. The van der Waals surface area contributed by atoms with Crippen LogP contribution < -0.4 is 10.1 Å². The summed E-state index contributed by atoms with van der Waals surface area (Å²) in [6.45, 7) is 6.39. The molecule has 0 aliphatic carbocycles. The monoisotopic (exact) mass is 327 g/mol. The second kappa shape index (κ2) is 9.01. The summed E-state index contributed by atoms with van der Waals surface area (Å²) >= 11 is 6.13. The summed E-state index contributed by atoms with van der Waals surface area (Å²) in [5, 5.41) is 3.34. The van der Waals surface area contributed by atoms with Crippen LogP contribution in [0.25, 0.3) is 0 Å². The van der Waals surface area contributed by atoms with Crippen molar-refractivity contribution >= 4 is 23.2 Å². The third kappa shape index (κ3) is 5.18. The molecule has 1 rings (SSSR count). The number of amides is 1. The molecule has 0 bridgehead atoms. The molecule has 0 saturated carbocycles. The van der Waals surface area contributed by atoms with Crippen molar-refractivity contribution in [1.82, 2.24) is 0 Å². The van der Waals surface area contributed by atoms with Crippen LogP contribution >= 0.6 is 11.6 Å². The van der Waals surface area contributed by atoms with Crippen LogP contribution in [-0.2, 0) is 9.53 Å². The van der Waals surface area contributed by atoms with Crippen molar-refractivity contribution in [3.8, 4) is 5.75 Å². The third-order valence-corrected chi connectivity index (χ3v) is 3.97. The van der Waals surface area contributed by atoms with Crippen molar-refractivity contribution in [3.05, 3.63) is 23.2 Å². The Labute approximate surface area is 138 Å². The van der Waals surface area contributed by atoms with Gasteiger partial charge in [-0.2, -0.15) is 0 Å². The maximum atomic E-state index is 12.5. The van der Waals surface area contributed by atoms with Gasteiger partial charge in [-0.05, 0) is 38.5 Å². The highest BCUT2D eigenvalue weighted by Gasteiger charge is 2.32. The number of hydrogen-bond donors (Lipinski definition) is 1. The van der Waals surface area contributed by atoms with Gasteiger partial charge < -0.3 is 14.8 Å². The van der Waals surface area contributed by atoms with Crippen LogP contribution in [0.2, 0.25) is 5.02 Å². The number of carbonyl (C=O) groups excluding carboxylic acids is 1. The number of nitrogens with one attached hydrogen (secondary N) is 1. The minimum absolute atomic E-state index is 0.161. The quantitative estimate of drug-likeness (QED) is 0.671. The van der Waals surface area contributed by atoms with E-state index in [1.807, 2.05) is 13.8 Å². The van der Waals surface area contributed by atoms with Crippen LogP contribution in [0.5, 0.6) is 5.75 Å². The number of carbonyl (C=O) groups is 1. The van der Waals surface area contributed by atoms with Gasteiger partial charge in [-0.25, -0.2) is 0 Å². The molecule has 1 atom stereocenters. The first-order chi connectivity index (χ1) is 10.5. The molecule has 0 aliphatic heterocycles. The van der Waals surface area contributed by atoms with Crippen molar-refractivity contribution in [2.24, 2.45) is 0 Å². The number of benzene rings is 1. The second-order valence-corrected chi connectivity index (χ2v) is 5.83. The molecule has 4 nitrogen and oxygen atoms in total. The largest absolute Gasteiger partial charge is 0.492 e. The first-order valence-corrected chi connectivity index (χ1v) is 8.13. The van der Waals surface area contributed by atoms with Gasteiger partial charge in [0.05, 0.1) is 11.6 Å². The standard InChI is InChI=1S/C17H26ClNO3/c1-5-7-8-11-17(3,21-4)16(20)19-13-9-10-15(22-6-2)14(18)12-13/h9-10,12H,5-8,11H2,1-4H3,(H,19,20)/t17-/m1/s1. The number of unbranched alkanes of at least 4 members (excludes halogenated alkanes) is 2. The first kappa shape index (κ1) is 18.8.